The Kier molecular flexibility index (Phi) is 7.53. The number of carbonyl (C=O) groups excluding carboxylic acids is 1. The van der Waals surface area contributed by atoms with Crippen LogP contribution in [-0.4, -0.2) is 55.5 Å². The molecule has 1 fully saturated rings. The van der Waals surface area contributed by atoms with Gasteiger partial charge in [-0.15, -0.1) is 0 Å². The lowest BCUT2D eigenvalue weighted by molar-refractivity contribution is -0.123. The van der Waals surface area contributed by atoms with Crippen molar-refractivity contribution in [3.63, 3.8) is 0 Å². The van der Waals surface area contributed by atoms with Gasteiger partial charge in [0.15, 0.2) is 0 Å². The van der Waals surface area contributed by atoms with Crippen LogP contribution in [0.1, 0.15) is 29.7 Å². The minimum atomic E-state index is -0.0326. The average Bonchev–Trinajstić information content (AvgIpc) is 2.70. The number of nitrogens with one attached hydrogen (secondary N) is 1. The third-order valence-electron chi connectivity index (χ3n) is 5.41. The van der Waals surface area contributed by atoms with Gasteiger partial charge < -0.3 is 10.1 Å². The first-order chi connectivity index (χ1) is 13.9. The average molecular weight is 416 g/mol. The Morgan fingerprint density at radius 1 is 1.10 bits per heavy atom. The van der Waals surface area contributed by atoms with E-state index >= 15 is 0 Å². The molecule has 5 nitrogen and oxygen atoms in total. The summed E-state index contributed by atoms with van der Waals surface area (Å²) < 4.78 is 5.50. The maximum absolute atomic E-state index is 12.4. The van der Waals surface area contributed by atoms with Crippen molar-refractivity contribution < 1.29 is 9.53 Å². The molecule has 0 bridgehead atoms. The smallest absolute Gasteiger partial charge is 0.234 e. The summed E-state index contributed by atoms with van der Waals surface area (Å²) in [7, 11) is 1.72. The van der Waals surface area contributed by atoms with E-state index in [0.29, 0.717) is 11.6 Å². The van der Waals surface area contributed by atoms with Gasteiger partial charge in [-0.25, -0.2) is 0 Å². The lowest BCUT2D eigenvalue weighted by Crippen LogP contribution is -2.49. The Balaban J connectivity index is 1.45. The Morgan fingerprint density at radius 2 is 1.76 bits per heavy atom. The second-order valence-corrected chi connectivity index (χ2v) is 8.14. The molecule has 156 valence electrons. The van der Waals surface area contributed by atoms with Crippen LogP contribution < -0.4 is 10.1 Å². The standard InChI is InChI=1S/C23H30ClN3O2/c1-17-4-9-22(29-3)20(14-17)15-26-10-12-27(13-11-26)16-23(28)25-18(2)19-5-7-21(24)8-6-19/h4-9,14,18H,10-13,15-16H2,1-3H3,(H,25,28)/t18-/m1/s1. The number of hydrogen-bond acceptors (Lipinski definition) is 4. The van der Waals surface area contributed by atoms with E-state index in [-0.39, 0.29) is 11.9 Å². The van der Waals surface area contributed by atoms with E-state index in [2.05, 4.69) is 34.2 Å². The summed E-state index contributed by atoms with van der Waals surface area (Å²) in [6, 6.07) is 13.9. The molecular weight excluding hydrogens is 386 g/mol. The molecule has 1 aliphatic rings. The Labute approximate surface area is 178 Å². The van der Waals surface area contributed by atoms with Gasteiger partial charge in [-0.2, -0.15) is 0 Å². The summed E-state index contributed by atoms with van der Waals surface area (Å²) >= 11 is 5.93. The lowest BCUT2D eigenvalue weighted by atomic mass is 10.1. The van der Waals surface area contributed by atoms with Crippen LogP contribution in [0.15, 0.2) is 42.5 Å². The van der Waals surface area contributed by atoms with Crippen LogP contribution in [0.2, 0.25) is 5.02 Å². The molecule has 2 aromatic carbocycles. The van der Waals surface area contributed by atoms with Crippen molar-refractivity contribution >= 4 is 17.5 Å². The number of amides is 1. The molecule has 1 atom stereocenters. The van der Waals surface area contributed by atoms with Gasteiger partial charge in [0.25, 0.3) is 0 Å². The third kappa shape index (κ3) is 6.20. The second-order valence-electron chi connectivity index (χ2n) is 7.71. The van der Waals surface area contributed by atoms with Gasteiger partial charge in [0.1, 0.15) is 5.75 Å². The molecule has 0 spiro atoms. The fourth-order valence-electron chi connectivity index (χ4n) is 3.70. The Morgan fingerprint density at radius 3 is 2.41 bits per heavy atom. The normalized spacial score (nSPS) is 16.4. The maximum atomic E-state index is 12.4. The molecule has 0 unspecified atom stereocenters. The number of hydrogen-bond donors (Lipinski definition) is 1. The summed E-state index contributed by atoms with van der Waals surface area (Å²) in [5, 5.41) is 3.78. The van der Waals surface area contributed by atoms with E-state index in [1.807, 2.05) is 37.3 Å². The summed E-state index contributed by atoms with van der Waals surface area (Å²) in [5.41, 5.74) is 3.51. The van der Waals surface area contributed by atoms with Crippen LogP contribution in [0.25, 0.3) is 0 Å². The second kappa shape index (κ2) is 10.1. The van der Waals surface area contributed by atoms with Crippen molar-refractivity contribution in [3.8, 4) is 5.75 Å². The zero-order valence-electron chi connectivity index (χ0n) is 17.5. The number of carbonyl (C=O) groups is 1. The van der Waals surface area contributed by atoms with Crippen molar-refractivity contribution in [2.45, 2.75) is 26.4 Å². The molecule has 0 saturated carbocycles. The van der Waals surface area contributed by atoms with Gasteiger partial charge in [0.2, 0.25) is 5.91 Å². The van der Waals surface area contributed by atoms with E-state index in [1.165, 1.54) is 11.1 Å². The molecule has 1 aliphatic heterocycles. The largest absolute Gasteiger partial charge is 0.496 e. The maximum Gasteiger partial charge on any atom is 0.234 e. The van der Waals surface area contributed by atoms with Gasteiger partial charge in [0.05, 0.1) is 19.7 Å². The van der Waals surface area contributed by atoms with E-state index in [1.54, 1.807) is 7.11 Å². The third-order valence-corrected chi connectivity index (χ3v) is 5.66. The summed E-state index contributed by atoms with van der Waals surface area (Å²) in [6.45, 7) is 9.05. The van der Waals surface area contributed by atoms with Crippen LogP contribution >= 0.6 is 11.6 Å². The molecule has 0 aliphatic carbocycles. The van der Waals surface area contributed by atoms with Crippen LogP contribution in [0.4, 0.5) is 0 Å². The fraction of sp³-hybridized carbons (Fsp3) is 0.435. The number of methoxy groups -OCH3 is 1. The molecular formula is C23H30ClN3O2. The summed E-state index contributed by atoms with van der Waals surface area (Å²) in [5.74, 6) is 0.995. The number of benzene rings is 2. The quantitative estimate of drug-likeness (QED) is 0.749. The molecule has 1 N–H and O–H groups in total. The molecule has 1 heterocycles. The number of aryl methyl sites for hydroxylation is 1. The zero-order chi connectivity index (χ0) is 20.8. The monoisotopic (exact) mass is 415 g/mol. The number of piperazine rings is 1. The molecule has 0 aromatic heterocycles. The highest BCUT2D eigenvalue weighted by molar-refractivity contribution is 6.30. The molecule has 29 heavy (non-hydrogen) atoms. The van der Waals surface area contributed by atoms with Gasteiger partial charge in [-0.3, -0.25) is 14.6 Å². The number of nitrogens with zero attached hydrogens (tertiary/aromatic N) is 2. The van der Waals surface area contributed by atoms with E-state index < -0.39 is 0 Å². The number of halogens is 1. The minimum absolute atomic E-state index is 0.0326. The van der Waals surface area contributed by atoms with Crippen LogP contribution in [0.3, 0.4) is 0 Å². The van der Waals surface area contributed by atoms with Crippen molar-refractivity contribution in [2.75, 3.05) is 39.8 Å². The highest BCUT2D eigenvalue weighted by atomic mass is 35.5. The fourth-order valence-corrected chi connectivity index (χ4v) is 3.83. The SMILES string of the molecule is COc1ccc(C)cc1CN1CCN(CC(=O)N[C@H](C)c2ccc(Cl)cc2)CC1. The zero-order valence-corrected chi connectivity index (χ0v) is 18.2. The molecule has 1 saturated heterocycles. The first-order valence-electron chi connectivity index (χ1n) is 10.1. The lowest BCUT2D eigenvalue weighted by Gasteiger charge is -2.34. The van der Waals surface area contributed by atoms with Crippen molar-refractivity contribution in [2.24, 2.45) is 0 Å². The summed E-state index contributed by atoms with van der Waals surface area (Å²) in [4.78, 5) is 17.1. The summed E-state index contributed by atoms with van der Waals surface area (Å²) in [6.07, 6.45) is 0. The predicted molar refractivity (Wildman–Crippen MR) is 117 cm³/mol. The number of ether oxygens (including phenoxy) is 1. The first-order valence-corrected chi connectivity index (χ1v) is 10.5. The molecule has 6 heteroatoms. The van der Waals surface area contributed by atoms with E-state index in [9.17, 15) is 4.79 Å². The topological polar surface area (TPSA) is 44.8 Å². The molecule has 0 radical (unpaired) electrons. The highest BCUT2D eigenvalue weighted by Gasteiger charge is 2.21. The minimum Gasteiger partial charge on any atom is -0.496 e. The van der Waals surface area contributed by atoms with Crippen LogP contribution in [-0.2, 0) is 11.3 Å². The number of rotatable bonds is 7. The first kappa shape index (κ1) is 21.6. The van der Waals surface area contributed by atoms with Crippen LogP contribution in [0, 0.1) is 6.92 Å². The van der Waals surface area contributed by atoms with Crippen molar-refractivity contribution in [3.05, 3.63) is 64.2 Å². The Hall–Kier alpha value is -2.08. The van der Waals surface area contributed by atoms with Gasteiger partial charge in [-0.1, -0.05) is 41.4 Å². The van der Waals surface area contributed by atoms with E-state index in [4.69, 9.17) is 16.3 Å². The van der Waals surface area contributed by atoms with Crippen LogP contribution in [0.5, 0.6) is 5.75 Å². The molecule has 1 amide bonds. The van der Waals surface area contributed by atoms with Gasteiger partial charge >= 0.3 is 0 Å². The molecule has 3 rings (SSSR count). The predicted octanol–water partition coefficient (Wildman–Crippen LogP) is 3.65. The van der Waals surface area contributed by atoms with Crippen molar-refractivity contribution in [1.82, 2.24) is 15.1 Å². The highest BCUT2D eigenvalue weighted by Crippen LogP contribution is 2.22. The van der Waals surface area contributed by atoms with Crippen molar-refractivity contribution in [1.29, 1.82) is 0 Å². The van der Waals surface area contributed by atoms with Gasteiger partial charge in [-0.05, 0) is 37.6 Å². The van der Waals surface area contributed by atoms with Gasteiger partial charge in [0, 0.05) is 43.3 Å². The molecule has 2 aromatic rings. The van der Waals surface area contributed by atoms with E-state index in [0.717, 1.165) is 44.0 Å². The Bertz CT molecular complexity index is 817.